The average Bonchev–Trinajstić information content (AvgIpc) is 3.19. The van der Waals surface area contributed by atoms with Crippen LogP contribution in [0, 0.1) is 5.82 Å². The van der Waals surface area contributed by atoms with Crippen LogP contribution in [0.3, 0.4) is 0 Å². The maximum atomic E-state index is 13.3. The Morgan fingerprint density at radius 3 is 2.40 bits per heavy atom. The molecular weight excluding hydrogens is 381 g/mol. The minimum absolute atomic E-state index is 0.327. The van der Waals surface area contributed by atoms with Gasteiger partial charge in [0.1, 0.15) is 11.5 Å². The molecule has 0 spiro atoms. The van der Waals surface area contributed by atoms with Crippen LogP contribution in [0.2, 0.25) is 0 Å². The van der Waals surface area contributed by atoms with Crippen molar-refractivity contribution in [3.63, 3.8) is 0 Å². The number of anilines is 1. The molecule has 0 aliphatic carbocycles. The lowest BCUT2D eigenvalue weighted by molar-refractivity contribution is 0.0955. The molecule has 148 valence electrons. The molecule has 3 aromatic carbocycles. The number of benzene rings is 3. The minimum atomic E-state index is -0.356. The van der Waals surface area contributed by atoms with E-state index in [-0.39, 0.29) is 11.7 Å². The molecule has 6 nitrogen and oxygen atoms in total. The highest BCUT2D eigenvalue weighted by Gasteiger charge is 2.12. The zero-order valence-electron chi connectivity index (χ0n) is 15.9. The predicted octanol–water partition coefficient (Wildman–Crippen LogP) is 4.02. The maximum Gasteiger partial charge on any atom is 0.271 e. The number of nitrogen functional groups attached to an aromatic ring is 1. The molecule has 4 rings (SSSR count). The summed E-state index contributed by atoms with van der Waals surface area (Å²) in [6.45, 7) is 0. The molecule has 30 heavy (non-hydrogen) atoms. The van der Waals surface area contributed by atoms with Crippen molar-refractivity contribution >= 4 is 17.8 Å². The number of rotatable bonds is 5. The van der Waals surface area contributed by atoms with Crippen molar-refractivity contribution in [2.24, 2.45) is 5.10 Å². The van der Waals surface area contributed by atoms with Gasteiger partial charge in [0.25, 0.3) is 5.91 Å². The van der Waals surface area contributed by atoms with Crippen molar-refractivity contribution in [1.82, 2.24) is 15.2 Å². The summed E-state index contributed by atoms with van der Waals surface area (Å²) in [4.78, 5) is 12.2. The molecule has 3 N–H and O–H groups in total. The number of nitrogens with two attached hydrogens (primary N) is 1. The van der Waals surface area contributed by atoms with Gasteiger partial charge in [-0.1, -0.05) is 18.2 Å². The predicted molar refractivity (Wildman–Crippen MR) is 115 cm³/mol. The van der Waals surface area contributed by atoms with E-state index in [9.17, 15) is 9.18 Å². The first-order chi connectivity index (χ1) is 14.6. The second-order valence-electron chi connectivity index (χ2n) is 6.54. The van der Waals surface area contributed by atoms with Crippen LogP contribution in [-0.2, 0) is 0 Å². The Kier molecular flexibility index (Phi) is 5.34. The van der Waals surface area contributed by atoms with Gasteiger partial charge in [-0.25, -0.2) is 14.5 Å². The third-order valence-electron chi connectivity index (χ3n) is 4.42. The first kappa shape index (κ1) is 19.1. The highest BCUT2D eigenvalue weighted by Crippen LogP contribution is 2.23. The number of halogens is 1. The molecule has 1 amide bonds. The molecule has 4 aromatic rings. The second-order valence-corrected chi connectivity index (χ2v) is 6.54. The topological polar surface area (TPSA) is 85.3 Å². The lowest BCUT2D eigenvalue weighted by atomic mass is 10.1. The molecule has 1 aromatic heterocycles. The van der Waals surface area contributed by atoms with Crippen LogP contribution in [0.15, 0.2) is 90.2 Å². The molecule has 0 radical (unpaired) electrons. The molecule has 0 atom stereocenters. The largest absolute Gasteiger partial charge is 0.399 e. The van der Waals surface area contributed by atoms with Gasteiger partial charge in [0.05, 0.1) is 11.9 Å². The first-order valence-corrected chi connectivity index (χ1v) is 9.20. The molecule has 0 fully saturated rings. The van der Waals surface area contributed by atoms with Gasteiger partial charge < -0.3 is 5.73 Å². The normalized spacial score (nSPS) is 11.0. The van der Waals surface area contributed by atoms with Gasteiger partial charge in [-0.3, -0.25) is 4.79 Å². The number of nitrogens with one attached hydrogen (secondary N) is 1. The molecule has 0 saturated carbocycles. The van der Waals surface area contributed by atoms with Gasteiger partial charge in [0.15, 0.2) is 0 Å². The van der Waals surface area contributed by atoms with Gasteiger partial charge in [-0.15, -0.1) is 0 Å². The number of carbonyl (C=O) groups is 1. The lowest BCUT2D eigenvalue weighted by Crippen LogP contribution is -2.17. The Hall–Kier alpha value is -4.26. The van der Waals surface area contributed by atoms with Crippen LogP contribution < -0.4 is 11.2 Å². The minimum Gasteiger partial charge on any atom is -0.399 e. The summed E-state index contributed by atoms with van der Waals surface area (Å²) in [5, 5.41) is 8.69. The third kappa shape index (κ3) is 4.25. The number of para-hydroxylation sites is 1. The van der Waals surface area contributed by atoms with Crippen LogP contribution in [0.1, 0.15) is 15.9 Å². The van der Waals surface area contributed by atoms with Crippen LogP contribution in [0.4, 0.5) is 10.1 Å². The Bertz CT molecular complexity index is 1180. The number of hydrogen-bond donors (Lipinski definition) is 2. The number of nitrogens with zero attached hydrogens (tertiary/aromatic N) is 3. The summed E-state index contributed by atoms with van der Waals surface area (Å²) in [5.74, 6) is -0.683. The van der Waals surface area contributed by atoms with Crippen LogP contribution in [0.25, 0.3) is 16.9 Å². The smallest absolute Gasteiger partial charge is 0.271 e. The van der Waals surface area contributed by atoms with E-state index < -0.39 is 0 Å². The standard InChI is InChI=1S/C23H18FN5O/c24-19-10-6-16(7-11-19)22-18(15-29(28-22)21-4-2-1-3-5-21)14-26-27-23(30)17-8-12-20(25)13-9-17/h1-15H,25H2,(H,27,30)/b26-14-. The average molecular weight is 399 g/mol. The zero-order chi connectivity index (χ0) is 20.9. The summed E-state index contributed by atoms with van der Waals surface area (Å²) < 4.78 is 15.1. The van der Waals surface area contributed by atoms with E-state index in [1.165, 1.54) is 18.3 Å². The van der Waals surface area contributed by atoms with Gasteiger partial charge in [0, 0.05) is 28.6 Å². The van der Waals surface area contributed by atoms with Crippen molar-refractivity contribution in [3.8, 4) is 16.9 Å². The highest BCUT2D eigenvalue weighted by molar-refractivity contribution is 5.96. The number of aromatic nitrogens is 2. The van der Waals surface area contributed by atoms with Gasteiger partial charge in [-0.2, -0.15) is 10.2 Å². The van der Waals surface area contributed by atoms with Crippen molar-refractivity contribution in [2.45, 2.75) is 0 Å². The van der Waals surface area contributed by atoms with E-state index in [0.29, 0.717) is 22.5 Å². The van der Waals surface area contributed by atoms with Crippen molar-refractivity contribution in [3.05, 3.63) is 102 Å². The molecule has 0 aliphatic rings. The molecule has 0 saturated heterocycles. The molecule has 7 heteroatoms. The molecule has 0 aliphatic heterocycles. The number of carbonyl (C=O) groups excluding carboxylic acids is 1. The van der Waals surface area contributed by atoms with E-state index >= 15 is 0 Å². The molecule has 0 bridgehead atoms. The summed E-state index contributed by atoms with van der Waals surface area (Å²) in [5.41, 5.74) is 12.0. The molecule has 0 unspecified atom stereocenters. The van der Waals surface area contributed by atoms with E-state index in [0.717, 1.165) is 11.3 Å². The first-order valence-electron chi connectivity index (χ1n) is 9.20. The zero-order valence-corrected chi connectivity index (χ0v) is 15.9. The van der Waals surface area contributed by atoms with E-state index in [1.807, 2.05) is 30.3 Å². The monoisotopic (exact) mass is 399 g/mol. The Balaban J connectivity index is 1.63. The molecular formula is C23H18FN5O. The number of hydrazone groups is 1. The van der Waals surface area contributed by atoms with Crippen LogP contribution >= 0.6 is 0 Å². The van der Waals surface area contributed by atoms with Crippen LogP contribution in [-0.4, -0.2) is 21.9 Å². The van der Waals surface area contributed by atoms with Crippen LogP contribution in [0.5, 0.6) is 0 Å². The van der Waals surface area contributed by atoms with Gasteiger partial charge in [-0.05, 0) is 60.7 Å². The van der Waals surface area contributed by atoms with E-state index in [2.05, 4.69) is 15.6 Å². The van der Waals surface area contributed by atoms with Gasteiger partial charge >= 0.3 is 0 Å². The Morgan fingerprint density at radius 2 is 1.70 bits per heavy atom. The summed E-state index contributed by atoms with van der Waals surface area (Å²) in [7, 11) is 0. The lowest BCUT2D eigenvalue weighted by Gasteiger charge is -2.01. The fraction of sp³-hybridized carbons (Fsp3) is 0. The van der Waals surface area contributed by atoms with E-state index in [1.54, 1.807) is 47.3 Å². The summed E-state index contributed by atoms with van der Waals surface area (Å²) in [6.07, 6.45) is 3.31. The van der Waals surface area contributed by atoms with Crippen molar-refractivity contribution in [2.75, 3.05) is 5.73 Å². The fourth-order valence-corrected chi connectivity index (χ4v) is 2.89. The fourth-order valence-electron chi connectivity index (χ4n) is 2.89. The third-order valence-corrected chi connectivity index (χ3v) is 4.42. The Morgan fingerprint density at radius 1 is 1.00 bits per heavy atom. The SMILES string of the molecule is Nc1ccc(C(=O)N/N=C\c2cn(-c3ccccc3)nc2-c2ccc(F)cc2)cc1. The molecule has 1 heterocycles. The number of hydrogen-bond acceptors (Lipinski definition) is 4. The van der Waals surface area contributed by atoms with Gasteiger partial charge in [0.2, 0.25) is 0 Å². The van der Waals surface area contributed by atoms with Crippen molar-refractivity contribution in [1.29, 1.82) is 0 Å². The highest BCUT2D eigenvalue weighted by atomic mass is 19.1. The second kappa shape index (κ2) is 8.40. The quantitative estimate of drug-likeness (QED) is 0.302. The Labute approximate surface area is 172 Å². The number of amides is 1. The van der Waals surface area contributed by atoms with Crippen molar-refractivity contribution < 1.29 is 9.18 Å². The maximum absolute atomic E-state index is 13.3. The summed E-state index contributed by atoms with van der Waals surface area (Å²) in [6, 6.07) is 22.2. The van der Waals surface area contributed by atoms with E-state index in [4.69, 9.17) is 5.73 Å². The summed E-state index contributed by atoms with van der Waals surface area (Å²) >= 11 is 0.